The molecule has 6 heteroatoms. The Balaban J connectivity index is 1.98. The molecule has 28 heavy (non-hydrogen) atoms. The Labute approximate surface area is 162 Å². The molecule has 0 fully saturated rings. The molecule has 2 aromatic carbocycles. The highest BCUT2D eigenvalue weighted by Crippen LogP contribution is 2.34. The van der Waals surface area contributed by atoms with Crippen LogP contribution in [-0.2, 0) is 0 Å². The predicted octanol–water partition coefficient (Wildman–Crippen LogP) is 4.40. The van der Waals surface area contributed by atoms with E-state index in [0.717, 1.165) is 16.5 Å². The van der Waals surface area contributed by atoms with Crippen molar-refractivity contribution in [2.24, 2.45) is 0 Å². The SMILES string of the molecule is C/C=C/c1cc(C(=O)Nc2ccc3c(C)cc(=O)oc3c2)cc(OC)c1OC. The molecule has 0 saturated carbocycles. The van der Waals surface area contributed by atoms with Crippen LogP contribution in [0.15, 0.2) is 51.7 Å². The maximum Gasteiger partial charge on any atom is 0.336 e. The molecular formula is C22H21NO5. The van der Waals surface area contributed by atoms with Gasteiger partial charge in [0, 0.05) is 34.3 Å². The second-order valence-corrected chi connectivity index (χ2v) is 6.21. The van der Waals surface area contributed by atoms with Crippen LogP contribution in [0.4, 0.5) is 5.69 Å². The molecule has 0 atom stereocenters. The average molecular weight is 379 g/mol. The van der Waals surface area contributed by atoms with Gasteiger partial charge >= 0.3 is 5.63 Å². The lowest BCUT2D eigenvalue weighted by molar-refractivity contribution is 0.102. The first-order valence-corrected chi connectivity index (χ1v) is 8.71. The number of anilines is 1. The van der Waals surface area contributed by atoms with E-state index < -0.39 is 5.63 Å². The highest BCUT2D eigenvalue weighted by atomic mass is 16.5. The molecule has 1 N–H and O–H groups in total. The standard InChI is InChI=1S/C22H21NO5/c1-5-6-14-10-15(11-19(26-3)21(14)27-4)22(25)23-16-7-8-17-13(2)9-20(24)28-18(17)12-16/h5-12H,1-4H3,(H,23,25)/b6-5+. The molecular weight excluding hydrogens is 358 g/mol. The van der Waals surface area contributed by atoms with E-state index in [0.29, 0.717) is 28.3 Å². The van der Waals surface area contributed by atoms with E-state index >= 15 is 0 Å². The fourth-order valence-corrected chi connectivity index (χ4v) is 3.03. The van der Waals surface area contributed by atoms with Crippen LogP contribution in [0.3, 0.4) is 0 Å². The topological polar surface area (TPSA) is 77.8 Å². The van der Waals surface area contributed by atoms with E-state index in [-0.39, 0.29) is 5.91 Å². The Bertz CT molecular complexity index is 1130. The number of carbonyl (C=O) groups excluding carboxylic acids is 1. The van der Waals surface area contributed by atoms with Crippen molar-refractivity contribution < 1.29 is 18.7 Å². The molecule has 3 aromatic rings. The molecule has 0 bridgehead atoms. The number of fused-ring (bicyclic) bond motifs is 1. The van der Waals surface area contributed by atoms with E-state index in [1.54, 1.807) is 31.4 Å². The van der Waals surface area contributed by atoms with Crippen LogP contribution in [0.25, 0.3) is 17.0 Å². The molecule has 6 nitrogen and oxygen atoms in total. The van der Waals surface area contributed by atoms with Crippen molar-refractivity contribution in [3.63, 3.8) is 0 Å². The number of ether oxygens (including phenoxy) is 2. The number of hydrogen-bond acceptors (Lipinski definition) is 5. The van der Waals surface area contributed by atoms with E-state index in [1.807, 2.05) is 32.1 Å². The van der Waals surface area contributed by atoms with Crippen molar-refractivity contribution in [3.8, 4) is 11.5 Å². The first-order valence-electron chi connectivity index (χ1n) is 8.71. The van der Waals surface area contributed by atoms with Crippen LogP contribution in [0, 0.1) is 6.92 Å². The molecule has 0 spiro atoms. The quantitative estimate of drug-likeness (QED) is 0.665. The van der Waals surface area contributed by atoms with Gasteiger partial charge in [0.25, 0.3) is 5.91 Å². The van der Waals surface area contributed by atoms with Crippen molar-refractivity contribution in [2.75, 3.05) is 19.5 Å². The molecule has 1 heterocycles. The summed E-state index contributed by atoms with van der Waals surface area (Å²) in [6.45, 7) is 3.72. The van der Waals surface area contributed by atoms with Crippen LogP contribution in [0.5, 0.6) is 11.5 Å². The van der Waals surface area contributed by atoms with Crippen molar-refractivity contribution >= 4 is 28.6 Å². The first-order chi connectivity index (χ1) is 13.5. The van der Waals surface area contributed by atoms with Gasteiger partial charge in [-0.15, -0.1) is 0 Å². The summed E-state index contributed by atoms with van der Waals surface area (Å²) in [7, 11) is 3.07. The third-order valence-electron chi connectivity index (χ3n) is 4.33. The minimum atomic E-state index is -0.427. The van der Waals surface area contributed by atoms with Gasteiger partial charge in [0.1, 0.15) is 5.58 Å². The van der Waals surface area contributed by atoms with E-state index in [4.69, 9.17) is 13.9 Å². The molecule has 1 amide bonds. The Kier molecular flexibility index (Phi) is 5.49. The summed E-state index contributed by atoms with van der Waals surface area (Å²) >= 11 is 0. The van der Waals surface area contributed by atoms with Crippen LogP contribution in [-0.4, -0.2) is 20.1 Å². The van der Waals surface area contributed by atoms with Gasteiger partial charge < -0.3 is 19.2 Å². The van der Waals surface area contributed by atoms with Crippen LogP contribution < -0.4 is 20.4 Å². The summed E-state index contributed by atoms with van der Waals surface area (Å²) in [5, 5.41) is 3.64. The van der Waals surface area contributed by atoms with Gasteiger partial charge in [-0.25, -0.2) is 4.79 Å². The predicted molar refractivity (Wildman–Crippen MR) is 109 cm³/mol. The van der Waals surface area contributed by atoms with Gasteiger partial charge in [-0.3, -0.25) is 4.79 Å². The van der Waals surface area contributed by atoms with Gasteiger partial charge in [0.15, 0.2) is 11.5 Å². The number of hydrogen-bond donors (Lipinski definition) is 1. The zero-order chi connectivity index (χ0) is 20.3. The Morgan fingerprint density at radius 1 is 1.11 bits per heavy atom. The first kappa shape index (κ1) is 19.2. The minimum absolute atomic E-state index is 0.318. The number of rotatable bonds is 5. The summed E-state index contributed by atoms with van der Waals surface area (Å²) in [5.74, 6) is 0.699. The molecule has 0 saturated heterocycles. The fraction of sp³-hybridized carbons (Fsp3) is 0.182. The lowest BCUT2D eigenvalue weighted by atomic mass is 10.1. The average Bonchev–Trinajstić information content (AvgIpc) is 2.67. The third kappa shape index (κ3) is 3.76. The number of methoxy groups -OCH3 is 2. The Hall–Kier alpha value is -3.54. The van der Waals surface area contributed by atoms with Gasteiger partial charge in [0.05, 0.1) is 14.2 Å². The minimum Gasteiger partial charge on any atom is -0.493 e. The monoisotopic (exact) mass is 379 g/mol. The van der Waals surface area contributed by atoms with Crippen molar-refractivity contribution in [3.05, 3.63) is 69.6 Å². The van der Waals surface area contributed by atoms with E-state index in [2.05, 4.69) is 5.32 Å². The largest absolute Gasteiger partial charge is 0.493 e. The molecule has 0 aliphatic heterocycles. The maximum atomic E-state index is 12.8. The van der Waals surface area contributed by atoms with E-state index in [9.17, 15) is 9.59 Å². The lowest BCUT2D eigenvalue weighted by Crippen LogP contribution is -2.13. The smallest absolute Gasteiger partial charge is 0.336 e. The summed E-state index contributed by atoms with van der Waals surface area (Å²) in [6, 6.07) is 9.99. The summed E-state index contributed by atoms with van der Waals surface area (Å²) < 4.78 is 16.0. The highest BCUT2D eigenvalue weighted by Gasteiger charge is 2.15. The second-order valence-electron chi connectivity index (χ2n) is 6.21. The lowest BCUT2D eigenvalue weighted by Gasteiger charge is -2.13. The number of amides is 1. The molecule has 0 unspecified atom stereocenters. The van der Waals surface area contributed by atoms with Gasteiger partial charge in [0.2, 0.25) is 0 Å². The number of allylic oxidation sites excluding steroid dienone is 1. The highest BCUT2D eigenvalue weighted by molar-refractivity contribution is 6.06. The second kappa shape index (κ2) is 8.00. The number of carbonyl (C=O) groups is 1. The molecule has 0 radical (unpaired) electrons. The number of aryl methyl sites for hydroxylation is 1. The van der Waals surface area contributed by atoms with Gasteiger partial charge in [-0.05, 0) is 43.7 Å². The molecule has 144 valence electrons. The molecule has 0 aliphatic rings. The van der Waals surface area contributed by atoms with Crippen molar-refractivity contribution in [1.82, 2.24) is 0 Å². The molecule has 3 rings (SSSR count). The molecule has 0 aliphatic carbocycles. The maximum absolute atomic E-state index is 12.8. The zero-order valence-electron chi connectivity index (χ0n) is 16.2. The summed E-state index contributed by atoms with van der Waals surface area (Å²) in [6.07, 6.45) is 3.69. The summed E-state index contributed by atoms with van der Waals surface area (Å²) in [5.41, 5.74) is 2.48. The number of benzene rings is 2. The van der Waals surface area contributed by atoms with Gasteiger partial charge in [-0.2, -0.15) is 0 Å². The molecule has 1 aromatic heterocycles. The zero-order valence-corrected chi connectivity index (χ0v) is 16.2. The van der Waals surface area contributed by atoms with Crippen molar-refractivity contribution in [2.45, 2.75) is 13.8 Å². The summed E-state index contributed by atoms with van der Waals surface area (Å²) in [4.78, 5) is 24.4. The number of nitrogens with one attached hydrogen (secondary N) is 1. The normalized spacial score (nSPS) is 11.0. The van der Waals surface area contributed by atoms with Crippen LogP contribution >= 0.6 is 0 Å². The van der Waals surface area contributed by atoms with Gasteiger partial charge in [-0.1, -0.05) is 12.2 Å². The van der Waals surface area contributed by atoms with Crippen LogP contribution in [0.1, 0.15) is 28.4 Å². The van der Waals surface area contributed by atoms with Crippen molar-refractivity contribution in [1.29, 1.82) is 0 Å². The van der Waals surface area contributed by atoms with E-state index in [1.165, 1.54) is 13.2 Å². The Morgan fingerprint density at radius 3 is 2.57 bits per heavy atom. The van der Waals surface area contributed by atoms with Crippen LogP contribution in [0.2, 0.25) is 0 Å². The Morgan fingerprint density at radius 2 is 1.89 bits per heavy atom. The third-order valence-corrected chi connectivity index (χ3v) is 4.33. The fourth-order valence-electron chi connectivity index (χ4n) is 3.03.